The van der Waals surface area contributed by atoms with E-state index in [9.17, 15) is 24.0 Å². The molecule has 1 aliphatic carbocycles. The van der Waals surface area contributed by atoms with Crippen molar-refractivity contribution in [2.75, 3.05) is 66.1 Å². The Labute approximate surface area is 359 Å². The first-order valence-electron chi connectivity index (χ1n) is 22.5. The van der Waals surface area contributed by atoms with Crippen LogP contribution in [0.15, 0.2) is 63.5 Å². The third kappa shape index (κ3) is 10.7. The van der Waals surface area contributed by atoms with E-state index in [1.807, 2.05) is 67.1 Å². The first-order chi connectivity index (χ1) is 29.5. The van der Waals surface area contributed by atoms with Crippen molar-refractivity contribution in [3.8, 4) is 0 Å². The second-order valence-electron chi connectivity index (χ2n) is 17.5. The standard InChI is InChI=1S/C47H64N7O7/c1-5-9-43(56)60-31-53-30-38-27-34(25-33(3)45(38)48-53)26-37(46(58)52-23-21-50(22-24-52)39-15-17-49(4)18-16-39)29-42(55)51-19-13-35(14-20-51)40-28-36-11-7-8-12-41(36)54(47(40)59)32-61-44(57)10-6-2/h7-8,11-12,25,27-28,30,35,37-39H,5-6,9-10,13-24,26,29,31-32H2,1-4H3/q+1/t37-,38?/m0/s1. The quantitative estimate of drug-likeness (QED) is 0.181. The highest BCUT2D eigenvalue weighted by molar-refractivity contribution is 6.12. The molecule has 2 amide bonds. The molecule has 3 saturated heterocycles. The van der Waals surface area contributed by atoms with E-state index < -0.39 is 5.92 Å². The van der Waals surface area contributed by atoms with Crippen molar-refractivity contribution in [3.05, 3.63) is 69.5 Å². The maximum Gasteiger partial charge on any atom is 0.319 e. The summed E-state index contributed by atoms with van der Waals surface area (Å²) >= 11 is 0. The van der Waals surface area contributed by atoms with Gasteiger partial charge in [-0.1, -0.05) is 48.9 Å². The summed E-state index contributed by atoms with van der Waals surface area (Å²) in [5.74, 6) is -1.33. The number of carbonyl (C=O) groups is 4. The number of para-hydroxylation sites is 1. The normalized spacial score (nSPS) is 21.0. The van der Waals surface area contributed by atoms with Crippen LogP contribution in [0.3, 0.4) is 0 Å². The number of carbonyl (C=O) groups excluding carboxylic acids is 4. The Morgan fingerprint density at radius 1 is 0.869 bits per heavy atom. The number of amides is 2. The number of rotatable bonds is 15. The number of hydrazone groups is 1. The third-order valence-corrected chi connectivity index (χ3v) is 13.1. The van der Waals surface area contributed by atoms with E-state index in [0.717, 1.165) is 67.7 Å². The van der Waals surface area contributed by atoms with Crippen LogP contribution in [-0.2, 0) is 35.4 Å². The lowest BCUT2D eigenvalue weighted by atomic mass is 9.84. The molecule has 5 aliphatic rings. The maximum atomic E-state index is 14.6. The minimum Gasteiger partial charge on any atom is -0.444 e. The molecule has 0 N–H and O–H groups in total. The number of piperazine rings is 1. The van der Waals surface area contributed by atoms with Gasteiger partial charge in [0.1, 0.15) is 11.6 Å². The molecule has 5 heterocycles. The fourth-order valence-electron chi connectivity index (χ4n) is 9.62. The molecule has 3 fully saturated rings. The second kappa shape index (κ2) is 20.3. The summed E-state index contributed by atoms with van der Waals surface area (Å²) < 4.78 is 14.1. The summed E-state index contributed by atoms with van der Waals surface area (Å²) in [6.45, 7) is 11.9. The van der Waals surface area contributed by atoms with Gasteiger partial charge in [-0.2, -0.15) is 0 Å². The van der Waals surface area contributed by atoms with Gasteiger partial charge in [-0.05, 0) is 112 Å². The van der Waals surface area contributed by atoms with Crippen LogP contribution in [0, 0.1) is 11.8 Å². The van der Waals surface area contributed by atoms with Crippen LogP contribution in [0.25, 0.3) is 10.9 Å². The van der Waals surface area contributed by atoms with E-state index in [-0.39, 0.29) is 61.0 Å². The number of aromatic nitrogens is 1. The number of piperidine rings is 2. The summed E-state index contributed by atoms with van der Waals surface area (Å²) in [6, 6.07) is 10.1. The van der Waals surface area contributed by atoms with Gasteiger partial charge in [0.25, 0.3) is 5.56 Å². The number of likely N-dealkylation sites (tertiary alicyclic amines) is 2. The van der Waals surface area contributed by atoms with Crippen molar-refractivity contribution >= 4 is 46.6 Å². The fourth-order valence-corrected chi connectivity index (χ4v) is 9.62. The van der Waals surface area contributed by atoms with Gasteiger partial charge in [0.2, 0.25) is 11.8 Å². The Hall–Kier alpha value is -4.95. The zero-order chi connectivity index (χ0) is 43.0. The number of ether oxygens (including phenoxy) is 2. The Kier molecular flexibility index (Phi) is 14.7. The first kappa shape index (κ1) is 44.1. The number of benzene rings is 1. The van der Waals surface area contributed by atoms with Crippen LogP contribution < -0.4 is 5.56 Å². The summed E-state index contributed by atoms with van der Waals surface area (Å²) in [5.41, 5.74) is 4.07. The molecule has 1 aromatic carbocycles. The van der Waals surface area contributed by atoms with Gasteiger partial charge in [0, 0.05) is 70.1 Å². The minimum atomic E-state index is -0.537. The lowest BCUT2D eigenvalue weighted by Gasteiger charge is -2.43. The van der Waals surface area contributed by atoms with Crippen molar-refractivity contribution in [2.24, 2.45) is 16.9 Å². The third-order valence-electron chi connectivity index (χ3n) is 13.1. The maximum absolute atomic E-state index is 14.6. The van der Waals surface area contributed by atoms with E-state index in [2.05, 4.69) is 29.0 Å². The molecule has 2 aromatic rings. The number of nitrogens with zero attached hydrogens (tertiary/aromatic N) is 7. The topological polar surface area (TPSA) is 137 Å². The number of esters is 2. The molecule has 61 heavy (non-hydrogen) atoms. The second-order valence-corrected chi connectivity index (χ2v) is 17.5. The predicted molar refractivity (Wildman–Crippen MR) is 234 cm³/mol. The van der Waals surface area contributed by atoms with Gasteiger partial charge in [0.15, 0.2) is 12.9 Å². The van der Waals surface area contributed by atoms with E-state index in [1.165, 1.54) is 0 Å². The number of hydrogen-bond donors (Lipinski definition) is 0. The van der Waals surface area contributed by atoms with E-state index in [0.29, 0.717) is 81.8 Å². The van der Waals surface area contributed by atoms with Crippen molar-refractivity contribution < 1.29 is 33.3 Å². The molecule has 4 aliphatic heterocycles. The average molecular weight is 839 g/mol. The van der Waals surface area contributed by atoms with Gasteiger partial charge in [-0.25, -0.2) is 0 Å². The highest BCUT2D eigenvalue weighted by Crippen LogP contribution is 2.32. The van der Waals surface area contributed by atoms with Gasteiger partial charge in [0.05, 0.1) is 11.4 Å². The monoisotopic (exact) mass is 838 g/mol. The molecule has 14 heteroatoms. The minimum absolute atomic E-state index is 0.0221. The predicted octanol–water partition coefficient (Wildman–Crippen LogP) is 4.90. The van der Waals surface area contributed by atoms with Crippen LogP contribution >= 0.6 is 0 Å². The van der Waals surface area contributed by atoms with Crippen molar-refractivity contribution in [3.63, 3.8) is 0 Å². The van der Waals surface area contributed by atoms with Gasteiger partial charge < -0.3 is 24.2 Å². The molecule has 0 radical (unpaired) electrons. The molecule has 1 unspecified atom stereocenters. The molecule has 2 atom stereocenters. The molecule has 0 bridgehead atoms. The molecular formula is C47H64N7O7+. The van der Waals surface area contributed by atoms with E-state index >= 15 is 0 Å². The van der Waals surface area contributed by atoms with Crippen LogP contribution in [0.4, 0.5) is 0 Å². The zero-order valence-corrected chi connectivity index (χ0v) is 36.6. The van der Waals surface area contributed by atoms with E-state index in [1.54, 1.807) is 9.25 Å². The highest BCUT2D eigenvalue weighted by atomic mass is 16.5. The number of hydrogen-bond acceptors (Lipinski definition) is 10. The Morgan fingerprint density at radius 3 is 2.26 bits per heavy atom. The summed E-state index contributed by atoms with van der Waals surface area (Å²) in [7, 11) is 2.17. The smallest absolute Gasteiger partial charge is 0.319 e. The number of fused-ring (bicyclic) bond motifs is 2. The van der Waals surface area contributed by atoms with Gasteiger partial charge in [-0.3, -0.25) is 33.4 Å². The Morgan fingerprint density at radius 2 is 1.56 bits per heavy atom. The summed E-state index contributed by atoms with van der Waals surface area (Å²) in [5, 5.41) is 5.60. The molecule has 14 nitrogen and oxygen atoms in total. The highest BCUT2D eigenvalue weighted by Gasteiger charge is 2.37. The van der Waals surface area contributed by atoms with Crippen molar-refractivity contribution in [2.45, 2.75) is 104 Å². The number of allylic oxidation sites excluding steroid dienone is 4. The van der Waals surface area contributed by atoms with Gasteiger partial charge in [-0.15, -0.1) is 0 Å². The molecule has 0 saturated carbocycles. The van der Waals surface area contributed by atoms with E-state index in [4.69, 9.17) is 14.6 Å². The van der Waals surface area contributed by atoms with Crippen molar-refractivity contribution in [1.29, 1.82) is 0 Å². The first-order valence-corrected chi connectivity index (χ1v) is 22.5. The van der Waals surface area contributed by atoms with Crippen LogP contribution in [-0.4, -0.2) is 137 Å². The van der Waals surface area contributed by atoms with Gasteiger partial charge >= 0.3 is 18.7 Å². The van der Waals surface area contributed by atoms with Crippen LogP contribution in [0.5, 0.6) is 0 Å². The SMILES string of the molecule is CCCC(=O)OCn1c(=O)c(C2CCN(C(=O)C[C@H](CC3=CC4C=[N+](COC(=O)CCC)N=C4C(C)=C3)C(=O)N3CCN(C4CCN(C)CC4)CC3)CC2)cc2ccccc21. The van der Waals surface area contributed by atoms with Crippen molar-refractivity contribution in [1.82, 2.24) is 24.2 Å². The Balaban J connectivity index is 1.04. The molecule has 328 valence electrons. The molecule has 0 spiro atoms. The summed E-state index contributed by atoms with van der Waals surface area (Å²) in [6.07, 6.45) is 12.2. The largest absolute Gasteiger partial charge is 0.444 e. The van der Waals surface area contributed by atoms with Crippen LogP contribution in [0.1, 0.15) is 96.5 Å². The van der Waals surface area contributed by atoms with Crippen LogP contribution in [0.2, 0.25) is 0 Å². The molecular weight excluding hydrogens is 775 g/mol. The average Bonchev–Trinajstić information content (AvgIpc) is 3.69. The lowest BCUT2D eigenvalue weighted by molar-refractivity contribution is -0.561. The lowest BCUT2D eigenvalue weighted by Crippen LogP contribution is -2.55. The fraction of sp³-hybridized carbons (Fsp3) is 0.596. The Bertz CT molecular complexity index is 2130. The summed E-state index contributed by atoms with van der Waals surface area (Å²) in [4.78, 5) is 75.8. The zero-order valence-electron chi connectivity index (χ0n) is 36.6. The molecule has 1 aromatic heterocycles. The number of pyridine rings is 1. The molecule has 7 rings (SSSR count).